The Labute approximate surface area is 168 Å². The maximum Gasteiger partial charge on any atom is 0.308 e. The number of methoxy groups -OCH3 is 1. The summed E-state index contributed by atoms with van der Waals surface area (Å²) in [7, 11) is 1.47. The van der Waals surface area contributed by atoms with Gasteiger partial charge in [0.15, 0.2) is 5.96 Å². The topological polar surface area (TPSA) is 70.3 Å². The Morgan fingerprint density at radius 3 is 2.57 bits per heavy atom. The van der Waals surface area contributed by atoms with E-state index in [-0.39, 0.29) is 17.9 Å². The highest BCUT2D eigenvalue weighted by molar-refractivity contribution is 5.80. The molecule has 0 amide bonds. The molecular weight excluding hydrogens is 356 g/mol. The monoisotopic (exact) mass is 390 g/mol. The number of carbonyl (C=O) groups excluding carboxylic acids is 1. The Morgan fingerprint density at radius 2 is 2.00 bits per heavy atom. The predicted octanol–water partition coefficient (Wildman–Crippen LogP) is 2.58. The van der Waals surface area contributed by atoms with Crippen molar-refractivity contribution in [1.29, 1.82) is 0 Å². The average molecular weight is 391 g/mol. The van der Waals surface area contributed by atoms with Gasteiger partial charge in [-0.3, -0.25) is 14.7 Å². The molecule has 3 heterocycles. The minimum atomic E-state index is -0.0936. The van der Waals surface area contributed by atoms with Crippen molar-refractivity contribution < 1.29 is 13.9 Å². The number of ether oxygens (including phenoxy) is 1. The zero-order chi connectivity index (χ0) is 19.9. The highest BCUT2D eigenvalue weighted by atomic mass is 16.5. The first-order chi connectivity index (χ1) is 13.6. The average Bonchev–Trinajstić information content (AvgIpc) is 3.39. The molecule has 1 unspecified atom stereocenters. The van der Waals surface area contributed by atoms with E-state index < -0.39 is 0 Å². The lowest BCUT2D eigenvalue weighted by Gasteiger charge is -2.33. The van der Waals surface area contributed by atoms with Gasteiger partial charge < -0.3 is 19.4 Å². The minimum absolute atomic E-state index is 0.00701. The third kappa shape index (κ3) is 5.07. The van der Waals surface area contributed by atoms with E-state index in [1.54, 1.807) is 0 Å². The van der Waals surface area contributed by atoms with Gasteiger partial charge in [-0.15, -0.1) is 0 Å². The number of nitrogens with zero attached hydrogens (tertiary/aromatic N) is 3. The molecule has 28 heavy (non-hydrogen) atoms. The van der Waals surface area contributed by atoms with Crippen LogP contribution in [0.5, 0.6) is 0 Å². The second-order valence-corrected chi connectivity index (χ2v) is 7.69. The SMILES string of the molecule is CCNC(=NCC(c1ccc(C)o1)N1CCCC1)N1CCC(C(=O)OC)CC1. The summed E-state index contributed by atoms with van der Waals surface area (Å²) in [6.45, 7) is 9.41. The number of aliphatic imine (C=N–C) groups is 1. The Kier molecular flexibility index (Phi) is 7.36. The van der Waals surface area contributed by atoms with Crippen molar-refractivity contribution in [3.8, 4) is 0 Å². The standard InChI is InChI=1S/C21H34N4O3/c1-4-22-21(25-13-9-17(10-14-25)20(26)27-3)23-15-18(24-11-5-6-12-24)19-8-7-16(2)28-19/h7-8,17-18H,4-6,9-15H2,1-3H3,(H,22,23). The van der Waals surface area contributed by atoms with E-state index in [1.807, 2.05) is 13.0 Å². The number of rotatable bonds is 6. The van der Waals surface area contributed by atoms with Crippen LogP contribution in [0, 0.1) is 12.8 Å². The van der Waals surface area contributed by atoms with E-state index in [0.717, 1.165) is 63.0 Å². The summed E-state index contributed by atoms with van der Waals surface area (Å²) in [5, 5.41) is 3.42. The third-order valence-corrected chi connectivity index (χ3v) is 5.75. The molecule has 1 aromatic heterocycles. The molecule has 0 aromatic carbocycles. The lowest BCUT2D eigenvalue weighted by molar-refractivity contribution is -0.146. The fraction of sp³-hybridized carbons (Fsp3) is 0.714. The lowest BCUT2D eigenvalue weighted by atomic mass is 9.97. The smallest absolute Gasteiger partial charge is 0.308 e. The van der Waals surface area contributed by atoms with Crippen LogP contribution in [-0.4, -0.2) is 68.1 Å². The lowest BCUT2D eigenvalue weighted by Crippen LogP contribution is -2.47. The second-order valence-electron chi connectivity index (χ2n) is 7.69. The third-order valence-electron chi connectivity index (χ3n) is 5.75. The molecule has 3 rings (SSSR count). The first kappa shape index (κ1) is 20.7. The minimum Gasteiger partial charge on any atom is -0.469 e. The van der Waals surface area contributed by atoms with Crippen molar-refractivity contribution in [2.24, 2.45) is 10.9 Å². The number of carbonyl (C=O) groups is 1. The van der Waals surface area contributed by atoms with Gasteiger partial charge in [-0.1, -0.05) is 0 Å². The van der Waals surface area contributed by atoms with Crippen LogP contribution >= 0.6 is 0 Å². The van der Waals surface area contributed by atoms with E-state index in [1.165, 1.54) is 20.0 Å². The molecule has 7 nitrogen and oxygen atoms in total. The molecule has 7 heteroatoms. The molecule has 1 aromatic rings. The Morgan fingerprint density at radius 1 is 1.29 bits per heavy atom. The Balaban J connectivity index is 1.69. The molecule has 156 valence electrons. The van der Waals surface area contributed by atoms with Crippen molar-refractivity contribution in [2.45, 2.75) is 45.6 Å². The summed E-state index contributed by atoms with van der Waals surface area (Å²) in [6, 6.07) is 4.30. The van der Waals surface area contributed by atoms with Gasteiger partial charge >= 0.3 is 5.97 Å². The number of nitrogens with one attached hydrogen (secondary N) is 1. The molecule has 2 saturated heterocycles. The molecule has 2 aliphatic heterocycles. The van der Waals surface area contributed by atoms with Crippen LogP contribution in [0.3, 0.4) is 0 Å². The van der Waals surface area contributed by atoms with Crippen LogP contribution in [0.1, 0.15) is 50.2 Å². The summed E-state index contributed by atoms with van der Waals surface area (Å²) in [6.07, 6.45) is 4.09. The highest BCUT2D eigenvalue weighted by Gasteiger charge is 2.29. The quantitative estimate of drug-likeness (QED) is 0.457. The second kappa shape index (κ2) is 9.96. The Hall–Kier alpha value is -2.02. The van der Waals surface area contributed by atoms with Crippen molar-refractivity contribution in [3.05, 3.63) is 23.7 Å². The fourth-order valence-electron chi connectivity index (χ4n) is 4.16. The van der Waals surface area contributed by atoms with E-state index >= 15 is 0 Å². The summed E-state index contributed by atoms with van der Waals surface area (Å²) in [5.74, 6) is 2.79. The molecule has 0 bridgehead atoms. The van der Waals surface area contributed by atoms with E-state index in [4.69, 9.17) is 14.1 Å². The number of esters is 1. The van der Waals surface area contributed by atoms with Gasteiger partial charge in [-0.25, -0.2) is 0 Å². The first-order valence-corrected chi connectivity index (χ1v) is 10.5. The summed E-state index contributed by atoms with van der Waals surface area (Å²) in [4.78, 5) is 21.5. The molecule has 0 saturated carbocycles. The number of hydrogen-bond acceptors (Lipinski definition) is 5. The van der Waals surface area contributed by atoms with Crippen molar-refractivity contribution in [3.63, 3.8) is 0 Å². The number of piperidine rings is 1. The zero-order valence-corrected chi connectivity index (χ0v) is 17.4. The van der Waals surface area contributed by atoms with Crippen molar-refractivity contribution in [1.82, 2.24) is 15.1 Å². The van der Waals surface area contributed by atoms with Crippen molar-refractivity contribution >= 4 is 11.9 Å². The highest BCUT2D eigenvalue weighted by Crippen LogP contribution is 2.27. The fourth-order valence-corrected chi connectivity index (χ4v) is 4.16. The first-order valence-electron chi connectivity index (χ1n) is 10.5. The van der Waals surface area contributed by atoms with E-state index in [0.29, 0.717) is 6.54 Å². The number of aryl methyl sites for hydroxylation is 1. The maximum atomic E-state index is 11.8. The zero-order valence-electron chi connectivity index (χ0n) is 17.4. The van der Waals surface area contributed by atoms with Gasteiger partial charge in [0.1, 0.15) is 11.5 Å². The van der Waals surface area contributed by atoms with Crippen LogP contribution < -0.4 is 5.32 Å². The molecule has 0 radical (unpaired) electrons. The molecule has 1 atom stereocenters. The van der Waals surface area contributed by atoms with Gasteiger partial charge in [0.25, 0.3) is 0 Å². The van der Waals surface area contributed by atoms with Crippen LogP contribution in [-0.2, 0) is 9.53 Å². The Bertz CT molecular complexity index is 658. The molecule has 0 aliphatic carbocycles. The molecule has 2 fully saturated rings. The summed E-state index contributed by atoms with van der Waals surface area (Å²) < 4.78 is 10.9. The van der Waals surface area contributed by atoms with Crippen LogP contribution in [0.15, 0.2) is 21.5 Å². The van der Waals surface area contributed by atoms with Crippen LogP contribution in [0.2, 0.25) is 0 Å². The number of furan rings is 1. The van der Waals surface area contributed by atoms with Gasteiger partial charge in [0, 0.05) is 19.6 Å². The van der Waals surface area contributed by atoms with Gasteiger partial charge in [-0.2, -0.15) is 0 Å². The summed E-state index contributed by atoms with van der Waals surface area (Å²) in [5.41, 5.74) is 0. The molecule has 0 spiro atoms. The van der Waals surface area contributed by atoms with E-state index in [9.17, 15) is 4.79 Å². The number of hydrogen-bond donors (Lipinski definition) is 1. The van der Waals surface area contributed by atoms with Crippen molar-refractivity contribution in [2.75, 3.05) is 46.4 Å². The molecular formula is C21H34N4O3. The van der Waals surface area contributed by atoms with Gasteiger partial charge in [-0.05, 0) is 64.8 Å². The predicted molar refractivity (Wildman–Crippen MR) is 109 cm³/mol. The van der Waals surface area contributed by atoms with E-state index in [2.05, 4.69) is 28.1 Å². The molecule has 1 N–H and O–H groups in total. The van der Waals surface area contributed by atoms with Crippen LogP contribution in [0.4, 0.5) is 0 Å². The number of guanidine groups is 1. The van der Waals surface area contributed by atoms with Crippen LogP contribution in [0.25, 0.3) is 0 Å². The number of likely N-dealkylation sites (tertiary alicyclic amines) is 2. The maximum absolute atomic E-state index is 11.8. The molecule has 2 aliphatic rings. The normalized spacial score (nSPS) is 20.4. The summed E-state index contributed by atoms with van der Waals surface area (Å²) >= 11 is 0. The largest absolute Gasteiger partial charge is 0.469 e. The van der Waals surface area contributed by atoms with Gasteiger partial charge in [0.05, 0.1) is 25.6 Å². The van der Waals surface area contributed by atoms with Gasteiger partial charge in [0.2, 0.25) is 0 Å².